The van der Waals surface area contributed by atoms with Gasteiger partial charge in [0.15, 0.2) is 0 Å². The number of carbonyl (C=O) groups is 1. The minimum absolute atomic E-state index is 0.147. The van der Waals surface area contributed by atoms with Gasteiger partial charge in [0.2, 0.25) is 5.91 Å². The molecule has 2 atom stereocenters. The van der Waals surface area contributed by atoms with Gasteiger partial charge >= 0.3 is 0 Å². The fraction of sp³-hybridized carbons (Fsp3) is 0.900. The SMILES string of the molecule is CCC1(C)NCN(C(C)COC)C1=O. The van der Waals surface area contributed by atoms with Crippen molar-refractivity contribution in [3.05, 3.63) is 0 Å². The van der Waals surface area contributed by atoms with Crippen molar-refractivity contribution in [2.75, 3.05) is 20.4 Å². The van der Waals surface area contributed by atoms with Gasteiger partial charge in [-0.15, -0.1) is 0 Å². The van der Waals surface area contributed by atoms with Crippen molar-refractivity contribution in [2.45, 2.75) is 38.8 Å². The number of hydrogen-bond acceptors (Lipinski definition) is 3. The van der Waals surface area contributed by atoms with E-state index < -0.39 is 0 Å². The zero-order valence-electron chi connectivity index (χ0n) is 9.46. The first-order chi connectivity index (χ1) is 6.55. The van der Waals surface area contributed by atoms with Crippen LogP contribution in [0.15, 0.2) is 0 Å². The lowest BCUT2D eigenvalue weighted by molar-refractivity contribution is -0.134. The molecule has 0 radical (unpaired) electrons. The van der Waals surface area contributed by atoms with Crippen molar-refractivity contribution in [2.24, 2.45) is 0 Å². The van der Waals surface area contributed by atoms with Crippen molar-refractivity contribution in [3.8, 4) is 0 Å². The summed E-state index contributed by atoms with van der Waals surface area (Å²) in [5, 5.41) is 3.24. The number of methoxy groups -OCH3 is 1. The third kappa shape index (κ3) is 1.91. The Balaban J connectivity index is 2.64. The van der Waals surface area contributed by atoms with Crippen LogP contribution in [-0.4, -0.2) is 42.8 Å². The Bertz CT molecular complexity index is 220. The number of nitrogens with one attached hydrogen (secondary N) is 1. The largest absolute Gasteiger partial charge is 0.383 e. The van der Waals surface area contributed by atoms with E-state index in [1.54, 1.807) is 7.11 Å². The number of carbonyl (C=O) groups excluding carboxylic acids is 1. The van der Waals surface area contributed by atoms with Crippen molar-refractivity contribution in [3.63, 3.8) is 0 Å². The molecule has 0 aromatic carbocycles. The molecule has 0 aromatic rings. The van der Waals surface area contributed by atoms with Crippen LogP contribution in [-0.2, 0) is 9.53 Å². The van der Waals surface area contributed by atoms with Crippen LogP contribution in [0.25, 0.3) is 0 Å². The molecule has 0 saturated carbocycles. The number of ether oxygens (including phenoxy) is 1. The topological polar surface area (TPSA) is 41.6 Å². The molecule has 4 nitrogen and oxygen atoms in total. The number of amides is 1. The van der Waals surface area contributed by atoms with Crippen LogP contribution < -0.4 is 5.32 Å². The number of hydrogen-bond donors (Lipinski definition) is 1. The van der Waals surface area contributed by atoms with E-state index in [0.29, 0.717) is 13.3 Å². The number of nitrogens with zero attached hydrogens (tertiary/aromatic N) is 1. The van der Waals surface area contributed by atoms with E-state index in [4.69, 9.17) is 4.74 Å². The highest BCUT2D eigenvalue weighted by Gasteiger charge is 2.42. The molecule has 0 aromatic heterocycles. The number of rotatable bonds is 4. The summed E-state index contributed by atoms with van der Waals surface area (Å²) in [6.45, 7) is 7.20. The van der Waals surface area contributed by atoms with Crippen LogP contribution in [0.4, 0.5) is 0 Å². The van der Waals surface area contributed by atoms with E-state index in [1.165, 1.54) is 0 Å². The molecule has 1 aliphatic rings. The molecule has 0 aliphatic carbocycles. The summed E-state index contributed by atoms with van der Waals surface area (Å²) in [4.78, 5) is 13.8. The highest BCUT2D eigenvalue weighted by Crippen LogP contribution is 2.20. The van der Waals surface area contributed by atoms with Crippen molar-refractivity contribution in [1.82, 2.24) is 10.2 Å². The quantitative estimate of drug-likeness (QED) is 0.721. The second-order valence-corrected chi connectivity index (χ2v) is 4.10. The monoisotopic (exact) mass is 200 g/mol. The second-order valence-electron chi connectivity index (χ2n) is 4.10. The van der Waals surface area contributed by atoms with Crippen LogP contribution >= 0.6 is 0 Å². The van der Waals surface area contributed by atoms with E-state index in [1.807, 2.05) is 25.7 Å². The average molecular weight is 200 g/mol. The van der Waals surface area contributed by atoms with Crippen LogP contribution in [0.1, 0.15) is 27.2 Å². The van der Waals surface area contributed by atoms with E-state index >= 15 is 0 Å². The van der Waals surface area contributed by atoms with E-state index in [9.17, 15) is 4.79 Å². The zero-order chi connectivity index (χ0) is 10.8. The normalized spacial score (nSPS) is 29.7. The fourth-order valence-electron chi connectivity index (χ4n) is 1.69. The van der Waals surface area contributed by atoms with E-state index in [0.717, 1.165) is 6.42 Å². The molecule has 1 N–H and O–H groups in total. The molecule has 1 saturated heterocycles. The van der Waals surface area contributed by atoms with Gasteiger partial charge in [-0.2, -0.15) is 0 Å². The maximum atomic E-state index is 12.0. The molecular formula is C10H20N2O2. The summed E-state index contributed by atoms with van der Waals surface area (Å²) in [6.07, 6.45) is 0.821. The molecule has 4 heteroatoms. The summed E-state index contributed by atoms with van der Waals surface area (Å²) >= 11 is 0. The van der Waals surface area contributed by atoms with Crippen LogP contribution in [0.5, 0.6) is 0 Å². The average Bonchev–Trinajstić information content (AvgIpc) is 2.45. The lowest BCUT2D eigenvalue weighted by Gasteiger charge is -2.25. The van der Waals surface area contributed by atoms with Gasteiger partial charge in [-0.05, 0) is 20.3 Å². The maximum absolute atomic E-state index is 12.0. The van der Waals surface area contributed by atoms with Crippen LogP contribution in [0.2, 0.25) is 0 Å². The van der Waals surface area contributed by atoms with E-state index in [-0.39, 0.29) is 17.5 Å². The fourth-order valence-corrected chi connectivity index (χ4v) is 1.69. The first kappa shape index (κ1) is 11.5. The Hall–Kier alpha value is -0.610. The first-order valence-corrected chi connectivity index (χ1v) is 5.10. The molecule has 1 heterocycles. The third-order valence-electron chi connectivity index (χ3n) is 3.02. The Morgan fingerprint density at radius 1 is 1.71 bits per heavy atom. The van der Waals surface area contributed by atoms with Crippen molar-refractivity contribution >= 4 is 5.91 Å². The minimum Gasteiger partial charge on any atom is -0.383 e. The standard InChI is InChI=1S/C10H20N2O2/c1-5-10(3)9(13)12(7-11-10)8(2)6-14-4/h8,11H,5-7H2,1-4H3. The van der Waals surface area contributed by atoms with Gasteiger partial charge < -0.3 is 9.64 Å². The predicted octanol–water partition coefficient (Wildman–Crippen LogP) is 0.579. The molecule has 1 aliphatic heterocycles. The summed E-state index contributed by atoms with van der Waals surface area (Å²) in [6, 6.07) is 0.147. The Morgan fingerprint density at radius 3 is 2.79 bits per heavy atom. The molecule has 0 spiro atoms. The molecule has 1 amide bonds. The highest BCUT2D eigenvalue weighted by atomic mass is 16.5. The van der Waals surface area contributed by atoms with Gasteiger partial charge in [0.25, 0.3) is 0 Å². The van der Waals surface area contributed by atoms with Gasteiger partial charge in [0.05, 0.1) is 24.9 Å². The Morgan fingerprint density at radius 2 is 2.36 bits per heavy atom. The summed E-state index contributed by atoms with van der Waals surface area (Å²) in [5.41, 5.74) is -0.373. The highest BCUT2D eigenvalue weighted by molar-refractivity contribution is 5.88. The molecular weight excluding hydrogens is 180 g/mol. The van der Waals surface area contributed by atoms with Gasteiger partial charge in [-0.25, -0.2) is 0 Å². The Kier molecular flexibility index (Phi) is 3.50. The minimum atomic E-state index is -0.373. The summed E-state index contributed by atoms with van der Waals surface area (Å²) in [7, 11) is 1.66. The molecule has 14 heavy (non-hydrogen) atoms. The van der Waals surface area contributed by atoms with Crippen LogP contribution in [0.3, 0.4) is 0 Å². The van der Waals surface area contributed by atoms with Gasteiger partial charge in [0, 0.05) is 7.11 Å². The molecule has 1 fully saturated rings. The summed E-state index contributed by atoms with van der Waals surface area (Å²) < 4.78 is 5.04. The predicted molar refractivity (Wildman–Crippen MR) is 54.9 cm³/mol. The maximum Gasteiger partial charge on any atom is 0.243 e. The van der Waals surface area contributed by atoms with Gasteiger partial charge in [-0.3, -0.25) is 10.1 Å². The van der Waals surface area contributed by atoms with Crippen molar-refractivity contribution < 1.29 is 9.53 Å². The second kappa shape index (κ2) is 4.28. The molecule has 1 rings (SSSR count). The van der Waals surface area contributed by atoms with Gasteiger partial charge in [-0.1, -0.05) is 6.92 Å². The lowest BCUT2D eigenvalue weighted by atomic mass is 9.99. The molecule has 82 valence electrons. The van der Waals surface area contributed by atoms with E-state index in [2.05, 4.69) is 5.32 Å². The smallest absolute Gasteiger partial charge is 0.243 e. The third-order valence-corrected chi connectivity index (χ3v) is 3.02. The van der Waals surface area contributed by atoms with Crippen molar-refractivity contribution in [1.29, 1.82) is 0 Å². The van der Waals surface area contributed by atoms with Gasteiger partial charge in [0.1, 0.15) is 0 Å². The first-order valence-electron chi connectivity index (χ1n) is 5.10. The Labute approximate surface area is 85.6 Å². The molecule has 2 unspecified atom stereocenters. The zero-order valence-corrected chi connectivity index (χ0v) is 9.46. The molecule has 0 bridgehead atoms. The van der Waals surface area contributed by atoms with Crippen LogP contribution in [0, 0.1) is 0 Å². The summed E-state index contributed by atoms with van der Waals surface area (Å²) in [5.74, 6) is 0.185. The lowest BCUT2D eigenvalue weighted by Crippen LogP contribution is -2.45.